The zero-order chi connectivity index (χ0) is 17.2. The van der Waals surface area contributed by atoms with Crippen LogP contribution in [0.15, 0.2) is 59.3 Å². The van der Waals surface area contributed by atoms with Crippen LogP contribution in [-0.4, -0.2) is 28.9 Å². The van der Waals surface area contributed by atoms with Crippen LogP contribution < -0.4 is 14.8 Å². The second kappa shape index (κ2) is 6.60. The van der Waals surface area contributed by atoms with E-state index in [1.807, 2.05) is 30.5 Å². The van der Waals surface area contributed by atoms with Gasteiger partial charge in [0.2, 0.25) is 0 Å². The summed E-state index contributed by atoms with van der Waals surface area (Å²) in [6.45, 7) is 0.903. The number of nitrogens with zero attached hydrogens (tertiary/aromatic N) is 2. The van der Waals surface area contributed by atoms with Crippen LogP contribution in [-0.2, 0) is 0 Å². The molecule has 0 saturated carbocycles. The van der Waals surface area contributed by atoms with Crippen molar-refractivity contribution >= 4 is 27.5 Å². The van der Waals surface area contributed by atoms with Crippen LogP contribution in [0.1, 0.15) is 10.4 Å². The third-order valence-corrected chi connectivity index (χ3v) is 4.26. The quantitative estimate of drug-likeness (QED) is 0.729. The monoisotopic (exact) mass is 399 g/mol. The molecule has 0 spiro atoms. The second-order valence-electron chi connectivity index (χ2n) is 5.40. The molecule has 1 aliphatic heterocycles. The highest BCUT2D eigenvalue weighted by atomic mass is 79.9. The fourth-order valence-corrected chi connectivity index (χ4v) is 3.02. The maximum atomic E-state index is 12.8. The molecular formula is C18H14BrN3O3. The summed E-state index contributed by atoms with van der Waals surface area (Å²) < 4.78 is 13.7. The van der Waals surface area contributed by atoms with Crippen LogP contribution in [0.4, 0.5) is 5.69 Å². The summed E-state index contributed by atoms with van der Waals surface area (Å²) in [5, 5.41) is 7.17. The molecule has 25 heavy (non-hydrogen) atoms. The summed E-state index contributed by atoms with van der Waals surface area (Å²) in [6.07, 6.45) is 3.51. The largest absolute Gasteiger partial charge is 0.486 e. The summed E-state index contributed by atoms with van der Waals surface area (Å²) in [4.78, 5) is 12.8. The molecule has 126 valence electrons. The molecule has 2 heterocycles. The number of carbonyl (C=O) groups is 1. The van der Waals surface area contributed by atoms with E-state index in [-0.39, 0.29) is 5.91 Å². The Kier molecular flexibility index (Phi) is 4.15. The van der Waals surface area contributed by atoms with Crippen LogP contribution in [0, 0.1) is 0 Å². The summed E-state index contributed by atoms with van der Waals surface area (Å²) in [7, 11) is 0. The minimum Gasteiger partial charge on any atom is -0.486 e. The number of amides is 1. The number of rotatable bonds is 3. The fraction of sp³-hybridized carbons (Fsp3) is 0.111. The number of aromatic nitrogens is 2. The van der Waals surface area contributed by atoms with E-state index in [0.29, 0.717) is 36.0 Å². The predicted octanol–water partition coefficient (Wildman–Crippen LogP) is 3.66. The first-order chi connectivity index (χ1) is 12.2. The van der Waals surface area contributed by atoms with Gasteiger partial charge in [-0.3, -0.25) is 4.79 Å². The number of fused-ring (bicyclic) bond motifs is 1. The van der Waals surface area contributed by atoms with Gasteiger partial charge >= 0.3 is 0 Å². The molecule has 0 unspecified atom stereocenters. The number of benzene rings is 2. The van der Waals surface area contributed by atoms with Crippen LogP contribution in [0.3, 0.4) is 0 Å². The first kappa shape index (κ1) is 15.7. The third kappa shape index (κ3) is 3.10. The zero-order valence-electron chi connectivity index (χ0n) is 13.1. The van der Waals surface area contributed by atoms with E-state index >= 15 is 0 Å². The van der Waals surface area contributed by atoms with E-state index in [0.717, 1.165) is 10.2 Å². The van der Waals surface area contributed by atoms with Crippen LogP contribution in [0.5, 0.6) is 11.5 Å². The van der Waals surface area contributed by atoms with Crippen molar-refractivity contribution in [2.24, 2.45) is 0 Å². The summed E-state index contributed by atoms with van der Waals surface area (Å²) in [5.41, 5.74) is 1.84. The first-order valence-electron chi connectivity index (χ1n) is 7.72. The standard InChI is InChI=1S/C18H14BrN3O3/c19-12-5-6-15(22-8-2-7-20-22)14(11-12)21-18(23)13-3-1-4-16-17(13)25-10-9-24-16/h1-8,11H,9-10H2,(H,21,23). The average molecular weight is 400 g/mol. The molecule has 0 atom stereocenters. The lowest BCUT2D eigenvalue weighted by molar-refractivity contribution is 0.101. The highest BCUT2D eigenvalue weighted by Crippen LogP contribution is 2.34. The predicted molar refractivity (Wildman–Crippen MR) is 96.6 cm³/mol. The molecule has 1 N–H and O–H groups in total. The Morgan fingerprint density at radius 2 is 2.04 bits per heavy atom. The summed E-state index contributed by atoms with van der Waals surface area (Å²) in [5.74, 6) is 0.788. The average Bonchev–Trinajstić information content (AvgIpc) is 3.15. The van der Waals surface area contributed by atoms with Crippen molar-refractivity contribution in [3.05, 3.63) is 64.9 Å². The number of carbonyl (C=O) groups excluding carboxylic acids is 1. The molecule has 1 aromatic heterocycles. The van der Waals surface area contributed by atoms with Gasteiger partial charge in [0.1, 0.15) is 13.2 Å². The van der Waals surface area contributed by atoms with Crippen LogP contribution >= 0.6 is 15.9 Å². The molecule has 3 aromatic rings. The highest BCUT2D eigenvalue weighted by molar-refractivity contribution is 9.10. The van der Waals surface area contributed by atoms with Gasteiger partial charge in [-0.2, -0.15) is 5.10 Å². The van der Waals surface area contributed by atoms with E-state index in [1.165, 1.54) is 0 Å². The normalized spacial score (nSPS) is 12.7. The molecule has 4 rings (SSSR count). The van der Waals surface area contributed by atoms with Crippen molar-refractivity contribution in [1.29, 1.82) is 0 Å². The molecule has 0 aliphatic carbocycles. The van der Waals surface area contributed by atoms with Gasteiger partial charge < -0.3 is 14.8 Å². The van der Waals surface area contributed by atoms with Crippen molar-refractivity contribution in [2.45, 2.75) is 0 Å². The van der Waals surface area contributed by atoms with E-state index in [4.69, 9.17) is 9.47 Å². The number of ether oxygens (including phenoxy) is 2. The van der Waals surface area contributed by atoms with Crippen LogP contribution in [0.25, 0.3) is 5.69 Å². The van der Waals surface area contributed by atoms with Crippen molar-refractivity contribution < 1.29 is 14.3 Å². The van der Waals surface area contributed by atoms with Gasteiger partial charge in [-0.1, -0.05) is 22.0 Å². The number of hydrogen-bond acceptors (Lipinski definition) is 4. The minimum atomic E-state index is -0.270. The fourth-order valence-electron chi connectivity index (χ4n) is 2.66. The Labute approximate surface area is 152 Å². The lowest BCUT2D eigenvalue weighted by atomic mass is 10.1. The van der Waals surface area contributed by atoms with E-state index in [9.17, 15) is 4.79 Å². The molecule has 7 heteroatoms. The van der Waals surface area contributed by atoms with Gasteiger partial charge in [-0.25, -0.2) is 4.68 Å². The molecule has 0 fully saturated rings. The molecule has 1 aliphatic rings. The van der Waals surface area contributed by atoms with Crippen molar-refractivity contribution in [3.63, 3.8) is 0 Å². The number of nitrogens with one attached hydrogen (secondary N) is 1. The topological polar surface area (TPSA) is 65.4 Å². The van der Waals surface area contributed by atoms with Gasteiger partial charge in [0.25, 0.3) is 5.91 Å². The maximum absolute atomic E-state index is 12.8. The molecule has 0 radical (unpaired) electrons. The molecular weight excluding hydrogens is 386 g/mol. The Bertz CT molecular complexity index is 925. The van der Waals surface area contributed by atoms with E-state index < -0.39 is 0 Å². The van der Waals surface area contributed by atoms with E-state index in [2.05, 4.69) is 26.3 Å². The number of hydrogen-bond donors (Lipinski definition) is 1. The summed E-state index contributed by atoms with van der Waals surface area (Å²) >= 11 is 3.44. The Morgan fingerprint density at radius 3 is 2.88 bits per heavy atom. The number of halogens is 1. The zero-order valence-corrected chi connectivity index (χ0v) is 14.7. The smallest absolute Gasteiger partial charge is 0.259 e. The van der Waals surface area contributed by atoms with Gasteiger partial charge in [0.05, 0.1) is 16.9 Å². The lowest BCUT2D eigenvalue weighted by Crippen LogP contribution is -2.20. The van der Waals surface area contributed by atoms with Gasteiger partial charge in [-0.05, 0) is 36.4 Å². The van der Waals surface area contributed by atoms with Crippen LogP contribution in [0.2, 0.25) is 0 Å². The van der Waals surface area contributed by atoms with E-state index in [1.54, 1.807) is 29.1 Å². The molecule has 2 aromatic carbocycles. The maximum Gasteiger partial charge on any atom is 0.259 e. The Morgan fingerprint density at radius 1 is 1.16 bits per heavy atom. The lowest BCUT2D eigenvalue weighted by Gasteiger charge is -2.21. The highest BCUT2D eigenvalue weighted by Gasteiger charge is 2.21. The molecule has 0 bridgehead atoms. The summed E-state index contributed by atoms with van der Waals surface area (Å²) in [6, 6.07) is 12.7. The number of anilines is 1. The van der Waals surface area contributed by atoms with Crippen molar-refractivity contribution in [2.75, 3.05) is 18.5 Å². The van der Waals surface area contributed by atoms with Crippen molar-refractivity contribution in [1.82, 2.24) is 9.78 Å². The van der Waals surface area contributed by atoms with Gasteiger partial charge in [0.15, 0.2) is 11.5 Å². The van der Waals surface area contributed by atoms with Gasteiger partial charge in [-0.15, -0.1) is 0 Å². The van der Waals surface area contributed by atoms with Crippen molar-refractivity contribution in [3.8, 4) is 17.2 Å². The SMILES string of the molecule is O=C(Nc1cc(Br)ccc1-n1cccn1)c1cccc2c1OCCO2. The Hall–Kier alpha value is -2.80. The molecule has 0 saturated heterocycles. The first-order valence-corrected chi connectivity index (χ1v) is 8.51. The third-order valence-electron chi connectivity index (χ3n) is 3.77. The molecule has 1 amide bonds. The molecule has 6 nitrogen and oxygen atoms in total. The van der Waals surface area contributed by atoms with Gasteiger partial charge in [0, 0.05) is 16.9 Å². The minimum absolute atomic E-state index is 0.270. The second-order valence-corrected chi connectivity index (χ2v) is 6.31. The number of para-hydroxylation sites is 1. The Balaban J connectivity index is 1.69.